The molecule has 3 fully saturated rings. The summed E-state index contributed by atoms with van der Waals surface area (Å²) in [7, 11) is -3.00. The summed E-state index contributed by atoms with van der Waals surface area (Å²) in [5.74, 6) is 2.37. The van der Waals surface area contributed by atoms with E-state index in [1.165, 1.54) is 12.8 Å². The Hall–Kier alpha value is -1.78. The van der Waals surface area contributed by atoms with Crippen molar-refractivity contribution in [2.45, 2.75) is 38.3 Å². The summed E-state index contributed by atoms with van der Waals surface area (Å²) in [6.07, 6.45) is 4.97. The van der Waals surface area contributed by atoms with Crippen molar-refractivity contribution >= 4 is 21.3 Å². The fourth-order valence-corrected chi connectivity index (χ4v) is 4.71. The number of hydrogen-bond donors (Lipinski definition) is 3. The molecule has 5 atom stereocenters. The number of fused-ring (bicyclic) bond motifs is 4. The third kappa shape index (κ3) is 5.23. The Morgan fingerprint density at radius 2 is 2.03 bits per heavy atom. The normalized spacial score (nSPS) is 27.2. The van der Waals surface area contributed by atoms with Crippen molar-refractivity contribution in [3.63, 3.8) is 0 Å². The lowest BCUT2D eigenvalue weighted by Crippen LogP contribution is -2.55. The van der Waals surface area contributed by atoms with Gasteiger partial charge in [-0.2, -0.15) is 8.42 Å². The summed E-state index contributed by atoms with van der Waals surface area (Å²) in [5.41, 5.74) is 1.89. The van der Waals surface area contributed by atoms with Crippen LogP contribution in [-0.2, 0) is 10.4 Å². The molecule has 1 aromatic heterocycles. The largest absolute Gasteiger partial charge is 0.497 e. The first kappa shape index (κ1) is 21.9. The van der Waals surface area contributed by atoms with Crippen molar-refractivity contribution in [3.8, 4) is 5.75 Å². The topological polar surface area (TPSA) is 120 Å². The van der Waals surface area contributed by atoms with Crippen molar-refractivity contribution in [3.05, 3.63) is 36.0 Å². The van der Waals surface area contributed by atoms with Crippen LogP contribution in [0.25, 0.3) is 10.9 Å². The number of nitrogens with zero attached hydrogens (tertiary/aromatic N) is 2. The minimum absolute atomic E-state index is 0.225. The lowest BCUT2D eigenvalue weighted by molar-refractivity contribution is -0.0562. The molecule has 2 unspecified atom stereocenters. The highest BCUT2D eigenvalue weighted by Crippen LogP contribution is 2.42. The number of pyridine rings is 1. The average Bonchev–Trinajstić information content (AvgIpc) is 2.71. The van der Waals surface area contributed by atoms with Crippen LogP contribution in [0.1, 0.15) is 37.9 Å². The molecular weight excluding hydrogens is 396 g/mol. The van der Waals surface area contributed by atoms with Gasteiger partial charge in [-0.3, -0.25) is 19.0 Å². The van der Waals surface area contributed by atoms with Gasteiger partial charge in [0.1, 0.15) is 5.75 Å². The van der Waals surface area contributed by atoms with Gasteiger partial charge in [-0.05, 0) is 61.1 Å². The summed E-state index contributed by atoms with van der Waals surface area (Å²) in [6, 6.07) is 8.07. The van der Waals surface area contributed by atoms with E-state index in [0.29, 0.717) is 0 Å². The molecule has 0 radical (unpaired) electrons. The Balaban J connectivity index is 0.000000431. The molecule has 29 heavy (non-hydrogen) atoms. The van der Waals surface area contributed by atoms with E-state index in [1.54, 1.807) is 13.3 Å². The summed E-state index contributed by atoms with van der Waals surface area (Å²) < 4.78 is 36.9. The summed E-state index contributed by atoms with van der Waals surface area (Å²) >= 11 is 0. The summed E-state index contributed by atoms with van der Waals surface area (Å²) in [5, 5.41) is 12.2. The van der Waals surface area contributed by atoms with Crippen LogP contribution in [0, 0.1) is 11.8 Å². The van der Waals surface area contributed by atoms with E-state index < -0.39 is 16.5 Å². The van der Waals surface area contributed by atoms with Gasteiger partial charge < -0.3 is 9.84 Å². The van der Waals surface area contributed by atoms with Gasteiger partial charge in [0.2, 0.25) is 0 Å². The second-order valence-corrected chi connectivity index (χ2v) is 8.59. The Bertz CT molecular complexity index is 943. The molecule has 2 aromatic rings. The van der Waals surface area contributed by atoms with E-state index in [9.17, 15) is 5.11 Å². The van der Waals surface area contributed by atoms with E-state index in [4.69, 9.17) is 22.3 Å². The zero-order valence-corrected chi connectivity index (χ0v) is 17.4. The monoisotopic (exact) mass is 424 g/mol. The molecule has 4 heterocycles. The quantitative estimate of drug-likeness (QED) is 0.641. The van der Waals surface area contributed by atoms with E-state index in [2.05, 4.69) is 16.8 Å². The average molecular weight is 425 g/mol. The lowest BCUT2D eigenvalue weighted by atomic mass is 9.72. The van der Waals surface area contributed by atoms with E-state index in [0.717, 1.165) is 53.6 Å². The minimum atomic E-state index is -4.67. The zero-order chi connectivity index (χ0) is 21.2. The second-order valence-electron chi connectivity index (χ2n) is 7.69. The van der Waals surface area contributed by atoms with E-state index in [-0.39, 0.29) is 6.04 Å². The molecule has 3 aliphatic rings. The number of piperidine rings is 3. The summed E-state index contributed by atoms with van der Waals surface area (Å²) in [4.78, 5) is 6.94. The van der Waals surface area contributed by atoms with Crippen molar-refractivity contribution in [2.24, 2.45) is 11.8 Å². The molecule has 9 heteroatoms. The fraction of sp³-hybridized carbons (Fsp3) is 0.550. The predicted octanol–water partition coefficient (Wildman–Crippen LogP) is 2.74. The molecule has 5 rings (SSSR count). The van der Waals surface area contributed by atoms with Crippen molar-refractivity contribution in [2.75, 3.05) is 20.2 Å². The molecular formula is C20H28N2O6S. The molecule has 3 N–H and O–H groups in total. The highest BCUT2D eigenvalue weighted by molar-refractivity contribution is 7.79. The maximum Gasteiger partial charge on any atom is 0.394 e. The third-order valence-corrected chi connectivity index (χ3v) is 6.13. The van der Waals surface area contributed by atoms with Crippen LogP contribution in [0.2, 0.25) is 0 Å². The van der Waals surface area contributed by atoms with Crippen LogP contribution < -0.4 is 4.74 Å². The van der Waals surface area contributed by atoms with Crippen molar-refractivity contribution in [1.29, 1.82) is 0 Å². The van der Waals surface area contributed by atoms with E-state index >= 15 is 0 Å². The van der Waals surface area contributed by atoms with Gasteiger partial charge in [-0.15, -0.1) is 0 Å². The molecule has 0 amide bonds. The second kappa shape index (κ2) is 8.93. The Morgan fingerprint density at radius 3 is 2.62 bits per heavy atom. The zero-order valence-electron chi connectivity index (χ0n) is 16.6. The smallest absolute Gasteiger partial charge is 0.394 e. The molecule has 0 aliphatic carbocycles. The summed E-state index contributed by atoms with van der Waals surface area (Å²) in [6.45, 7) is 4.55. The first-order chi connectivity index (χ1) is 13.7. The third-order valence-electron chi connectivity index (χ3n) is 6.13. The number of methoxy groups -OCH3 is 1. The number of aliphatic hydroxyl groups is 1. The Kier molecular flexibility index (Phi) is 6.75. The Morgan fingerprint density at radius 1 is 1.31 bits per heavy atom. The molecule has 3 saturated heterocycles. The SMILES string of the molecule is CC[C@@H]1CN2CCC1C[C@@H]2[C@@H](O)c1ccnc2ccc(OC)cc12.O=S(=O)(O)O. The molecule has 3 aliphatic heterocycles. The minimum Gasteiger partial charge on any atom is -0.497 e. The number of ether oxygens (including phenoxy) is 1. The van der Waals surface area contributed by atoms with Crippen LogP contribution in [0.5, 0.6) is 5.75 Å². The van der Waals surface area contributed by atoms with Crippen LogP contribution in [0.15, 0.2) is 30.5 Å². The first-order valence-electron chi connectivity index (χ1n) is 9.76. The van der Waals surface area contributed by atoms with Gasteiger partial charge in [0.15, 0.2) is 0 Å². The van der Waals surface area contributed by atoms with Crippen LogP contribution in [0.3, 0.4) is 0 Å². The number of hydrogen-bond acceptors (Lipinski definition) is 6. The molecule has 0 saturated carbocycles. The van der Waals surface area contributed by atoms with Gasteiger partial charge in [-0.1, -0.05) is 13.3 Å². The predicted molar refractivity (Wildman–Crippen MR) is 109 cm³/mol. The van der Waals surface area contributed by atoms with Crippen molar-refractivity contribution in [1.82, 2.24) is 9.88 Å². The van der Waals surface area contributed by atoms with E-state index in [1.807, 2.05) is 24.3 Å². The maximum atomic E-state index is 11.2. The number of rotatable bonds is 4. The van der Waals surface area contributed by atoms with Gasteiger partial charge >= 0.3 is 10.4 Å². The van der Waals surface area contributed by atoms with Crippen molar-refractivity contribution < 1.29 is 27.4 Å². The molecule has 1 aromatic carbocycles. The molecule has 8 nitrogen and oxygen atoms in total. The van der Waals surface area contributed by atoms with Crippen LogP contribution in [0.4, 0.5) is 0 Å². The highest BCUT2D eigenvalue weighted by Gasteiger charge is 2.42. The van der Waals surface area contributed by atoms with Gasteiger partial charge in [-0.25, -0.2) is 0 Å². The Labute approximate surface area is 171 Å². The van der Waals surface area contributed by atoms with Gasteiger partial charge in [0.25, 0.3) is 0 Å². The lowest BCUT2D eigenvalue weighted by Gasteiger charge is -2.51. The standard InChI is InChI=1S/C20H26N2O2.H2O4S/c1-3-13-12-22-9-7-14(13)10-19(22)20(23)16-6-8-21-18-5-4-15(24-2)11-17(16)18;1-5(2,3)4/h4-6,8,11,13-14,19-20,23H,3,7,9-10,12H2,1-2H3;(H2,1,2,3,4)/t13-,14?,19-,20+;/m1./s1. The fourth-order valence-electron chi connectivity index (χ4n) is 4.71. The van der Waals surface area contributed by atoms with Gasteiger partial charge in [0.05, 0.1) is 18.7 Å². The first-order valence-corrected chi connectivity index (χ1v) is 11.2. The van der Waals surface area contributed by atoms with Gasteiger partial charge in [0, 0.05) is 24.2 Å². The number of aromatic nitrogens is 1. The van der Waals surface area contributed by atoms with Crippen LogP contribution in [-0.4, -0.2) is 58.8 Å². The molecule has 0 spiro atoms. The molecule has 2 bridgehead atoms. The number of aliphatic hydroxyl groups excluding tert-OH is 1. The maximum absolute atomic E-state index is 11.2. The number of benzene rings is 1. The molecule has 160 valence electrons. The van der Waals surface area contributed by atoms with Crippen LogP contribution >= 0.6 is 0 Å². The highest BCUT2D eigenvalue weighted by atomic mass is 32.3.